The fourth-order valence-corrected chi connectivity index (χ4v) is 8.33. The lowest BCUT2D eigenvalue weighted by atomic mass is 9.41. The van der Waals surface area contributed by atoms with Gasteiger partial charge in [-0.2, -0.15) is 0 Å². The van der Waals surface area contributed by atoms with E-state index in [1.807, 2.05) is 13.8 Å². The molecule has 0 bridgehead atoms. The number of rotatable bonds is 1. The summed E-state index contributed by atoms with van der Waals surface area (Å²) in [5, 5.41) is 23.0. The summed E-state index contributed by atoms with van der Waals surface area (Å²) in [4.78, 5) is 39.3. The van der Waals surface area contributed by atoms with Crippen LogP contribution in [0.5, 0.6) is 0 Å². The fraction of sp³-hybridized carbons (Fsp3) is 0.720. The van der Waals surface area contributed by atoms with Crippen LogP contribution in [0.15, 0.2) is 23.0 Å². The third kappa shape index (κ3) is 2.43. The molecule has 9 heteroatoms. The highest BCUT2D eigenvalue weighted by Gasteiger charge is 2.85. The molecule has 0 radical (unpaired) electrons. The van der Waals surface area contributed by atoms with Gasteiger partial charge in [-0.3, -0.25) is 9.59 Å². The number of hydrogen-bond donors (Lipinski definition) is 2. The van der Waals surface area contributed by atoms with E-state index in [2.05, 4.69) is 0 Å². The number of ether oxygens (including phenoxy) is 3. The highest BCUT2D eigenvalue weighted by Crippen LogP contribution is 2.74. The Balaban J connectivity index is 1.52. The zero-order chi connectivity index (χ0) is 24.4. The lowest BCUT2D eigenvalue weighted by molar-refractivity contribution is -0.232. The molecular weight excluding hydrogens is 444 g/mol. The van der Waals surface area contributed by atoms with Crippen LogP contribution in [0, 0.1) is 28.6 Å². The Hall–Kier alpha value is -2.23. The number of aliphatic hydroxyl groups excluding tert-OH is 2. The van der Waals surface area contributed by atoms with Crippen molar-refractivity contribution in [1.82, 2.24) is 0 Å². The van der Waals surface area contributed by atoms with Crippen LogP contribution < -0.4 is 0 Å². The summed E-state index contributed by atoms with van der Waals surface area (Å²) in [6, 6.07) is 1.71. The van der Waals surface area contributed by atoms with Crippen molar-refractivity contribution in [2.45, 2.75) is 82.6 Å². The van der Waals surface area contributed by atoms with Crippen LogP contribution in [0.1, 0.15) is 58.6 Å². The summed E-state index contributed by atoms with van der Waals surface area (Å²) in [6.45, 7) is 7.23. The molecule has 1 spiro atoms. The topological polar surface area (TPSA) is 136 Å². The van der Waals surface area contributed by atoms with Gasteiger partial charge >= 0.3 is 11.9 Å². The van der Waals surface area contributed by atoms with Crippen molar-refractivity contribution < 1.29 is 43.2 Å². The van der Waals surface area contributed by atoms with Gasteiger partial charge in [0.1, 0.15) is 23.1 Å². The summed E-state index contributed by atoms with van der Waals surface area (Å²) in [5.41, 5.74) is -3.47. The molecule has 9 nitrogen and oxygen atoms in total. The minimum absolute atomic E-state index is 0.0427. The van der Waals surface area contributed by atoms with Gasteiger partial charge in [0.05, 0.1) is 37.1 Å². The Bertz CT molecular complexity index is 1080. The number of carbonyl (C=O) groups is 3. The number of carbonyl (C=O) groups excluding carboxylic acids is 3. The minimum Gasteiger partial charge on any atom is -0.472 e. The number of furan rings is 1. The van der Waals surface area contributed by atoms with Crippen LogP contribution >= 0.6 is 0 Å². The number of esters is 2. The van der Waals surface area contributed by atoms with E-state index < -0.39 is 76.1 Å². The Morgan fingerprint density at radius 2 is 1.76 bits per heavy atom. The van der Waals surface area contributed by atoms with Crippen molar-refractivity contribution in [2.24, 2.45) is 28.6 Å². The summed E-state index contributed by atoms with van der Waals surface area (Å²) in [5.74, 6) is -3.31. The van der Waals surface area contributed by atoms with E-state index in [0.717, 1.165) is 0 Å². The molecule has 3 aliphatic heterocycles. The van der Waals surface area contributed by atoms with Crippen molar-refractivity contribution >= 4 is 17.7 Å². The van der Waals surface area contributed by atoms with E-state index in [4.69, 9.17) is 18.6 Å². The summed E-state index contributed by atoms with van der Waals surface area (Å²) >= 11 is 0. The van der Waals surface area contributed by atoms with E-state index in [9.17, 15) is 24.6 Å². The van der Waals surface area contributed by atoms with Crippen LogP contribution in [0.25, 0.3) is 0 Å². The molecule has 5 fully saturated rings. The first-order valence-electron chi connectivity index (χ1n) is 11.9. The van der Waals surface area contributed by atoms with Crippen LogP contribution in [0.2, 0.25) is 0 Å². The number of ketones is 1. The molecule has 10 unspecified atom stereocenters. The van der Waals surface area contributed by atoms with Gasteiger partial charge < -0.3 is 28.8 Å². The van der Waals surface area contributed by atoms with Gasteiger partial charge in [-0.15, -0.1) is 0 Å². The van der Waals surface area contributed by atoms with E-state index in [0.29, 0.717) is 5.56 Å². The molecule has 2 N–H and O–H groups in total. The summed E-state index contributed by atoms with van der Waals surface area (Å²) < 4.78 is 22.8. The van der Waals surface area contributed by atoms with Gasteiger partial charge in [-0.25, -0.2) is 4.79 Å². The van der Waals surface area contributed by atoms with Crippen LogP contribution in [0.4, 0.5) is 0 Å². The van der Waals surface area contributed by atoms with Crippen molar-refractivity contribution in [3.8, 4) is 0 Å². The molecule has 4 heterocycles. The maximum Gasteiger partial charge on any atom is 0.339 e. The molecule has 1 aromatic rings. The van der Waals surface area contributed by atoms with Crippen molar-refractivity contribution in [2.75, 3.05) is 0 Å². The lowest BCUT2D eigenvalue weighted by Gasteiger charge is -2.62. The Morgan fingerprint density at radius 3 is 2.44 bits per heavy atom. The second-order valence-corrected chi connectivity index (χ2v) is 11.7. The molecule has 5 aliphatic rings. The Labute approximate surface area is 196 Å². The minimum atomic E-state index is -1.17. The van der Waals surface area contributed by atoms with Crippen molar-refractivity contribution in [3.05, 3.63) is 24.2 Å². The molecule has 2 aliphatic carbocycles. The maximum atomic E-state index is 13.9. The highest BCUT2D eigenvalue weighted by atomic mass is 16.7. The molecule has 1 aromatic heterocycles. The monoisotopic (exact) mass is 474 g/mol. The summed E-state index contributed by atoms with van der Waals surface area (Å²) in [6.07, 6.45) is -0.822. The quantitative estimate of drug-likeness (QED) is 0.460. The molecular formula is C25H30O9. The number of fused-ring (bicyclic) bond motifs is 3. The maximum absolute atomic E-state index is 13.9. The number of hydrogen-bond acceptors (Lipinski definition) is 9. The van der Waals surface area contributed by atoms with E-state index in [1.54, 1.807) is 19.9 Å². The first-order chi connectivity index (χ1) is 15.9. The van der Waals surface area contributed by atoms with Gasteiger partial charge in [-0.05, 0) is 26.3 Å². The molecule has 6 rings (SSSR count). The molecule has 10 atom stereocenters. The third-order valence-electron chi connectivity index (χ3n) is 9.79. The standard InChI is InChI=1S/C25H30O9/c1-22(2)14-7-12(26)18-17(24(14,4)15(28)8-16(29)33-22)13(27)9-23(3)19(11-5-6-31-10-11)32-21(30)20-25(18,23)34-20/h5-6,10,13-15,17-20,27-28H,7-9H2,1-4H3. The highest BCUT2D eigenvalue weighted by molar-refractivity contribution is 5.90. The molecule has 3 saturated heterocycles. The third-order valence-corrected chi connectivity index (χ3v) is 9.79. The largest absolute Gasteiger partial charge is 0.472 e. The first kappa shape index (κ1) is 22.2. The predicted octanol–water partition coefficient (Wildman–Crippen LogP) is 1.70. The fourth-order valence-electron chi connectivity index (χ4n) is 8.33. The molecule has 2 saturated carbocycles. The van der Waals surface area contributed by atoms with Gasteiger partial charge in [0.25, 0.3) is 0 Å². The zero-order valence-electron chi connectivity index (χ0n) is 19.6. The van der Waals surface area contributed by atoms with Crippen LogP contribution in [-0.2, 0) is 28.6 Å². The number of cyclic esters (lactones) is 2. The van der Waals surface area contributed by atoms with Crippen molar-refractivity contribution in [3.63, 3.8) is 0 Å². The zero-order valence-corrected chi connectivity index (χ0v) is 19.6. The second kappa shape index (κ2) is 6.50. The first-order valence-corrected chi connectivity index (χ1v) is 11.9. The van der Waals surface area contributed by atoms with Crippen LogP contribution in [-0.4, -0.2) is 57.4 Å². The van der Waals surface area contributed by atoms with Gasteiger partial charge in [0.15, 0.2) is 6.10 Å². The van der Waals surface area contributed by atoms with E-state index in [-0.39, 0.29) is 25.0 Å². The lowest BCUT2D eigenvalue weighted by Crippen LogP contribution is -2.71. The number of epoxide rings is 1. The second-order valence-electron chi connectivity index (χ2n) is 11.7. The average Bonchev–Trinajstić information content (AvgIpc) is 3.29. The van der Waals surface area contributed by atoms with E-state index in [1.165, 1.54) is 12.5 Å². The van der Waals surface area contributed by atoms with Gasteiger partial charge in [0.2, 0.25) is 0 Å². The van der Waals surface area contributed by atoms with Gasteiger partial charge in [-0.1, -0.05) is 13.8 Å². The smallest absolute Gasteiger partial charge is 0.339 e. The Morgan fingerprint density at radius 1 is 1.03 bits per heavy atom. The average molecular weight is 475 g/mol. The normalized spacial score (nSPS) is 51.1. The molecule has 184 valence electrons. The van der Waals surface area contributed by atoms with Crippen molar-refractivity contribution in [1.29, 1.82) is 0 Å². The van der Waals surface area contributed by atoms with Crippen LogP contribution in [0.3, 0.4) is 0 Å². The Kier molecular flexibility index (Phi) is 4.25. The molecule has 0 amide bonds. The summed E-state index contributed by atoms with van der Waals surface area (Å²) in [7, 11) is 0. The molecule has 0 aromatic carbocycles. The number of aliphatic hydroxyl groups is 2. The van der Waals surface area contributed by atoms with Gasteiger partial charge in [0, 0.05) is 34.7 Å². The predicted molar refractivity (Wildman–Crippen MR) is 113 cm³/mol. The number of Topliss-reactive ketones (excluding diaryl/α,β-unsaturated/α-hetero) is 1. The van der Waals surface area contributed by atoms with E-state index >= 15 is 0 Å². The SMILES string of the molecule is CC1(C)OC(=O)CC(O)C2(C)C3C(O)CC4(C)C(c5ccoc5)OC(=O)C5OC54C3C(=O)CC12. The molecule has 34 heavy (non-hydrogen) atoms.